The van der Waals surface area contributed by atoms with Crippen molar-refractivity contribution in [3.05, 3.63) is 28.8 Å². The summed E-state index contributed by atoms with van der Waals surface area (Å²) in [6.45, 7) is 4.37. The highest BCUT2D eigenvalue weighted by Crippen LogP contribution is 2.38. The molecular weight excluding hydrogens is 296 g/mol. The van der Waals surface area contributed by atoms with Crippen molar-refractivity contribution in [2.45, 2.75) is 39.2 Å². The number of hydrogen-bond donors (Lipinski definition) is 1. The molecule has 0 unspecified atom stereocenters. The molecule has 0 bridgehead atoms. The predicted octanol–water partition coefficient (Wildman–Crippen LogP) is 2.67. The minimum Gasteiger partial charge on any atom is -0.475 e. The first-order chi connectivity index (χ1) is 11.1. The Bertz CT molecular complexity index is 753. The SMILES string of the molecule is Cc1c(C(=O)O)oc2c1-c1nn(CC3CCOCC3)cc1CC2. The Morgan fingerprint density at radius 2 is 2.17 bits per heavy atom. The molecule has 0 spiro atoms. The summed E-state index contributed by atoms with van der Waals surface area (Å²) in [4.78, 5) is 11.3. The molecule has 1 aliphatic heterocycles. The largest absolute Gasteiger partial charge is 0.475 e. The first kappa shape index (κ1) is 14.5. The van der Waals surface area contributed by atoms with Gasteiger partial charge in [0.2, 0.25) is 5.76 Å². The van der Waals surface area contributed by atoms with Crippen molar-refractivity contribution in [2.75, 3.05) is 13.2 Å². The number of ether oxygens (including phenoxy) is 1. The van der Waals surface area contributed by atoms with Gasteiger partial charge in [0.15, 0.2) is 0 Å². The smallest absolute Gasteiger partial charge is 0.372 e. The van der Waals surface area contributed by atoms with E-state index in [-0.39, 0.29) is 5.76 Å². The molecule has 1 saturated heterocycles. The highest BCUT2D eigenvalue weighted by molar-refractivity contribution is 5.90. The quantitative estimate of drug-likeness (QED) is 0.942. The van der Waals surface area contributed by atoms with E-state index in [0.717, 1.165) is 62.5 Å². The van der Waals surface area contributed by atoms with Crippen LogP contribution in [0, 0.1) is 12.8 Å². The molecular formula is C17H20N2O4. The number of furan rings is 1. The third-order valence-corrected chi connectivity index (χ3v) is 4.90. The maximum Gasteiger partial charge on any atom is 0.372 e. The van der Waals surface area contributed by atoms with E-state index in [1.807, 2.05) is 4.68 Å². The number of aromatic carboxylic acids is 1. The van der Waals surface area contributed by atoms with E-state index in [1.54, 1.807) is 6.92 Å². The van der Waals surface area contributed by atoms with E-state index in [0.29, 0.717) is 11.5 Å². The zero-order valence-electron chi connectivity index (χ0n) is 13.2. The van der Waals surface area contributed by atoms with Crippen molar-refractivity contribution in [1.29, 1.82) is 0 Å². The molecule has 2 aromatic rings. The average molecular weight is 316 g/mol. The summed E-state index contributed by atoms with van der Waals surface area (Å²) >= 11 is 0. The molecule has 2 aromatic heterocycles. The van der Waals surface area contributed by atoms with Crippen LogP contribution in [0.15, 0.2) is 10.6 Å². The van der Waals surface area contributed by atoms with E-state index in [9.17, 15) is 9.90 Å². The summed E-state index contributed by atoms with van der Waals surface area (Å²) in [5, 5.41) is 14.0. The molecule has 6 heteroatoms. The second-order valence-corrected chi connectivity index (χ2v) is 6.44. The van der Waals surface area contributed by atoms with Gasteiger partial charge in [-0.1, -0.05) is 0 Å². The van der Waals surface area contributed by atoms with Crippen LogP contribution in [0.4, 0.5) is 0 Å². The van der Waals surface area contributed by atoms with Crippen LogP contribution in [0.1, 0.15) is 40.3 Å². The summed E-state index contributed by atoms with van der Waals surface area (Å²) < 4.78 is 13.0. The van der Waals surface area contributed by atoms with Gasteiger partial charge in [0.1, 0.15) is 5.76 Å². The molecule has 0 aromatic carbocycles. The molecule has 0 radical (unpaired) electrons. The van der Waals surface area contributed by atoms with Crippen molar-refractivity contribution in [2.24, 2.45) is 5.92 Å². The van der Waals surface area contributed by atoms with Gasteiger partial charge >= 0.3 is 5.97 Å². The number of aryl methyl sites for hydroxylation is 2. The molecule has 6 nitrogen and oxygen atoms in total. The Morgan fingerprint density at radius 3 is 2.91 bits per heavy atom. The van der Waals surface area contributed by atoms with Gasteiger partial charge < -0.3 is 14.3 Å². The summed E-state index contributed by atoms with van der Waals surface area (Å²) in [7, 11) is 0. The lowest BCUT2D eigenvalue weighted by molar-refractivity contribution is 0.0601. The Balaban J connectivity index is 1.67. The zero-order valence-corrected chi connectivity index (χ0v) is 13.2. The number of carbonyl (C=O) groups is 1. The fourth-order valence-corrected chi connectivity index (χ4v) is 3.65. The molecule has 122 valence electrons. The van der Waals surface area contributed by atoms with Crippen LogP contribution in [-0.4, -0.2) is 34.1 Å². The average Bonchev–Trinajstić information content (AvgIpc) is 3.08. The maximum atomic E-state index is 11.3. The first-order valence-corrected chi connectivity index (χ1v) is 8.13. The van der Waals surface area contributed by atoms with Gasteiger partial charge in [0.25, 0.3) is 0 Å². The molecule has 23 heavy (non-hydrogen) atoms. The Kier molecular flexibility index (Phi) is 3.49. The standard InChI is InChI=1S/C17H20N2O4/c1-10-14-13(23-16(10)17(20)21)3-2-12-9-19(18-15(12)14)8-11-4-6-22-7-5-11/h9,11H,2-8H2,1H3,(H,20,21). The van der Waals surface area contributed by atoms with Gasteiger partial charge in [0.05, 0.1) is 5.69 Å². The lowest BCUT2D eigenvalue weighted by atomic mass is 9.94. The highest BCUT2D eigenvalue weighted by atomic mass is 16.5. The Hall–Kier alpha value is -2.08. The topological polar surface area (TPSA) is 77.5 Å². The second-order valence-electron chi connectivity index (χ2n) is 6.44. The van der Waals surface area contributed by atoms with Crippen LogP contribution < -0.4 is 0 Å². The minimum absolute atomic E-state index is 0.0434. The molecule has 1 aliphatic carbocycles. The normalized spacial score (nSPS) is 17.8. The molecule has 3 heterocycles. The zero-order chi connectivity index (χ0) is 16.0. The van der Waals surface area contributed by atoms with Gasteiger partial charge in [-0.05, 0) is 37.7 Å². The molecule has 1 N–H and O–H groups in total. The summed E-state index contributed by atoms with van der Waals surface area (Å²) in [6.07, 6.45) is 5.84. The van der Waals surface area contributed by atoms with Crippen LogP contribution in [0.25, 0.3) is 11.3 Å². The fraction of sp³-hybridized carbons (Fsp3) is 0.529. The van der Waals surface area contributed by atoms with Gasteiger partial charge in [-0.25, -0.2) is 4.79 Å². The van der Waals surface area contributed by atoms with E-state index >= 15 is 0 Å². The van der Waals surface area contributed by atoms with Crippen molar-refractivity contribution in [3.8, 4) is 11.3 Å². The van der Waals surface area contributed by atoms with Gasteiger partial charge in [-0.15, -0.1) is 0 Å². The molecule has 4 rings (SSSR count). The highest BCUT2D eigenvalue weighted by Gasteiger charge is 2.29. The number of fused-ring (bicyclic) bond motifs is 3. The van der Waals surface area contributed by atoms with E-state index in [4.69, 9.17) is 14.3 Å². The summed E-state index contributed by atoms with van der Waals surface area (Å²) in [5.41, 5.74) is 3.65. The monoisotopic (exact) mass is 316 g/mol. The van der Waals surface area contributed by atoms with E-state index in [2.05, 4.69) is 6.20 Å². The number of nitrogens with zero attached hydrogens (tertiary/aromatic N) is 2. The van der Waals surface area contributed by atoms with E-state index in [1.165, 1.54) is 5.56 Å². The molecule has 2 aliphatic rings. The second kappa shape index (κ2) is 5.53. The van der Waals surface area contributed by atoms with Crippen LogP contribution >= 0.6 is 0 Å². The lowest BCUT2D eigenvalue weighted by Gasteiger charge is -2.21. The maximum absolute atomic E-state index is 11.3. The number of hydrogen-bond acceptors (Lipinski definition) is 4. The third kappa shape index (κ3) is 2.47. The predicted molar refractivity (Wildman–Crippen MR) is 82.6 cm³/mol. The molecule has 0 saturated carbocycles. The summed E-state index contributed by atoms with van der Waals surface area (Å²) in [6, 6.07) is 0. The Morgan fingerprint density at radius 1 is 1.39 bits per heavy atom. The molecule has 1 fully saturated rings. The van der Waals surface area contributed by atoms with Gasteiger partial charge in [0, 0.05) is 43.5 Å². The molecule has 0 atom stereocenters. The van der Waals surface area contributed by atoms with Crippen molar-refractivity contribution >= 4 is 5.97 Å². The van der Waals surface area contributed by atoms with Crippen molar-refractivity contribution in [3.63, 3.8) is 0 Å². The fourth-order valence-electron chi connectivity index (χ4n) is 3.65. The van der Waals surface area contributed by atoms with Crippen LogP contribution in [-0.2, 0) is 24.1 Å². The first-order valence-electron chi connectivity index (χ1n) is 8.13. The van der Waals surface area contributed by atoms with Crippen molar-refractivity contribution in [1.82, 2.24) is 9.78 Å². The number of rotatable bonds is 3. The van der Waals surface area contributed by atoms with Crippen molar-refractivity contribution < 1.29 is 19.1 Å². The Labute approximate surface area is 134 Å². The third-order valence-electron chi connectivity index (χ3n) is 4.90. The minimum atomic E-state index is -1.01. The van der Waals surface area contributed by atoms with Crippen LogP contribution in [0.5, 0.6) is 0 Å². The van der Waals surface area contributed by atoms with Crippen LogP contribution in [0.3, 0.4) is 0 Å². The lowest BCUT2D eigenvalue weighted by Crippen LogP contribution is -2.20. The number of aromatic nitrogens is 2. The van der Waals surface area contributed by atoms with Gasteiger partial charge in [-0.3, -0.25) is 4.68 Å². The van der Waals surface area contributed by atoms with Crippen LogP contribution in [0.2, 0.25) is 0 Å². The number of carboxylic acids is 1. The molecule has 0 amide bonds. The van der Waals surface area contributed by atoms with E-state index < -0.39 is 5.97 Å². The van der Waals surface area contributed by atoms with Gasteiger partial charge in [-0.2, -0.15) is 5.10 Å². The number of carboxylic acid groups (broad SMARTS) is 1. The summed E-state index contributed by atoms with van der Waals surface area (Å²) in [5.74, 6) is 0.384.